The first kappa shape index (κ1) is 19.6. The molecule has 3 aromatic rings. The molecule has 2 aromatic heterocycles. The molecule has 2 heterocycles. The monoisotopic (exact) mass is 413 g/mol. The number of rotatable bonds is 6. The number of para-hydroxylation sites is 1. The maximum absolute atomic E-state index is 13.9. The van der Waals surface area contributed by atoms with Crippen LogP contribution < -0.4 is 4.74 Å². The first-order valence-electron chi connectivity index (χ1n) is 9.69. The molecular formula is C22H21ClFN3O2. The van der Waals surface area contributed by atoms with E-state index in [4.69, 9.17) is 16.3 Å². The third-order valence-corrected chi connectivity index (χ3v) is 5.45. The summed E-state index contributed by atoms with van der Waals surface area (Å²) in [6, 6.07) is 11.6. The number of halogens is 2. The van der Waals surface area contributed by atoms with Crippen LogP contribution in [0.4, 0.5) is 4.39 Å². The van der Waals surface area contributed by atoms with Crippen molar-refractivity contribution in [3.05, 3.63) is 71.4 Å². The molecule has 0 atom stereocenters. The van der Waals surface area contributed by atoms with Gasteiger partial charge in [0.15, 0.2) is 0 Å². The van der Waals surface area contributed by atoms with Gasteiger partial charge in [-0.15, -0.1) is 0 Å². The standard InChI is InChI=1S/C22H21ClFN3O2/c23-16-9-11-25-22(13-16)29-18-7-5-15(6-8-18)21(28)14-17-10-12-27(26-17)20-4-2-1-3-19(20)24/h1-4,9-13,15,18H,5-8,14H2. The molecular weight excluding hydrogens is 393 g/mol. The van der Waals surface area contributed by atoms with Crippen molar-refractivity contribution in [2.24, 2.45) is 5.92 Å². The first-order valence-corrected chi connectivity index (χ1v) is 10.1. The third kappa shape index (κ3) is 4.82. The fraction of sp³-hybridized carbons (Fsp3) is 0.318. The molecule has 29 heavy (non-hydrogen) atoms. The molecule has 1 aliphatic carbocycles. The van der Waals surface area contributed by atoms with Crippen LogP contribution in [-0.2, 0) is 11.2 Å². The van der Waals surface area contributed by atoms with Crippen molar-refractivity contribution in [2.45, 2.75) is 38.2 Å². The van der Waals surface area contributed by atoms with Crippen LogP contribution in [0.1, 0.15) is 31.4 Å². The summed E-state index contributed by atoms with van der Waals surface area (Å²) in [5.41, 5.74) is 1.03. The van der Waals surface area contributed by atoms with E-state index in [2.05, 4.69) is 10.1 Å². The van der Waals surface area contributed by atoms with Crippen LogP contribution in [-0.4, -0.2) is 26.7 Å². The number of carbonyl (C=O) groups is 1. The molecule has 0 amide bonds. The topological polar surface area (TPSA) is 57.0 Å². The van der Waals surface area contributed by atoms with E-state index < -0.39 is 0 Å². The average molecular weight is 414 g/mol. The number of hydrogen-bond donors (Lipinski definition) is 0. The number of aromatic nitrogens is 3. The van der Waals surface area contributed by atoms with Gasteiger partial charge in [0.25, 0.3) is 0 Å². The lowest BCUT2D eigenvalue weighted by Gasteiger charge is -2.27. The van der Waals surface area contributed by atoms with Crippen LogP contribution in [0.5, 0.6) is 5.88 Å². The fourth-order valence-electron chi connectivity index (χ4n) is 3.67. The lowest BCUT2D eigenvalue weighted by molar-refractivity contribution is -0.123. The van der Waals surface area contributed by atoms with E-state index in [-0.39, 0.29) is 30.0 Å². The van der Waals surface area contributed by atoms with Crippen LogP contribution in [0.3, 0.4) is 0 Å². The predicted octanol–water partition coefficient (Wildman–Crippen LogP) is 4.81. The summed E-state index contributed by atoms with van der Waals surface area (Å²) in [5, 5.41) is 4.96. The summed E-state index contributed by atoms with van der Waals surface area (Å²) < 4.78 is 21.3. The second-order valence-electron chi connectivity index (χ2n) is 7.25. The first-order chi connectivity index (χ1) is 14.1. The largest absolute Gasteiger partial charge is 0.474 e. The number of pyridine rings is 1. The number of carbonyl (C=O) groups excluding carboxylic acids is 1. The zero-order valence-electron chi connectivity index (χ0n) is 15.8. The SMILES string of the molecule is O=C(Cc1ccn(-c2ccccc2F)n1)C1CCC(Oc2cc(Cl)ccn2)CC1. The Morgan fingerprint density at radius 1 is 1.17 bits per heavy atom. The van der Waals surface area contributed by atoms with Gasteiger partial charge >= 0.3 is 0 Å². The molecule has 0 spiro atoms. The molecule has 7 heteroatoms. The number of nitrogens with zero attached hydrogens (tertiary/aromatic N) is 3. The van der Waals surface area contributed by atoms with Gasteiger partial charge < -0.3 is 4.74 Å². The summed E-state index contributed by atoms with van der Waals surface area (Å²) >= 11 is 5.96. The Bertz CT molecular complexity index is 999. The minimum atomic E-state index is -0.346. The van der Waals surface area contributed by atoms with Crippen LogP contribution >= 0.6 is 11.6 Å². The van der Waals surface area contributed by atoms with Gasteiger partial charge in [0.05, 0.1) is 12.1 Å². The van der Waals surface area contributed by atoms with Crippen LogP contribution in [0, 0.1) is 11.7 Å². The van der Waals surface area contributed by atoms with E-state index in [1.165, 1.54) is 10.7 Å². The molecule has 0 N–H and O–H groups in total. The van der Waals surface area contributed by atoms with Crippen molar-refractivity contribution < 1.29 is 13.9 Å². The Morgan fingerprint density at radius 3 is 2.72 bits per heavy atom. The smallest absolute Gasteiger partial charge is 0.214 e. The summed E-state index contributed by atoms with van der Waals surface area (Å²) in [6.07, 6.45) is 6.76. The highest BCUT2D eigenvalue weighted by Gasteiger charge is 2.28. The minimum absolute atomic E-state index is 0.000724. The highest BCUT2D eigenvalue weighted by molar-refractivity contribution is 6.30. The normalized spacial score (nSPS) is 19.1. The molecule has 1 aromatic carbocycles. The average Bonchev–Trinajstić information content (AvgIpc) is 3.17. The van der Waals surface area contributed by atoms with Gasteiger partial charge in [-0.3, -0.25) is 4.79 Å². The third-order valence-electron chi connectivity index (χ3n) is 5.21. The number of ether oxygens (including phenoxy) is 1. The van der Waals surface area contributed by atoms with Crippen molar-refractivity contribution in [1.29, 1.82) is 0 Å². The second kappa shape index (κ2) is 8.74. The van der Waals surface area contributed by atoms with Crippen molar-refractivity contribution in [3.63, 3.8) is 0 Å². The highest BCUT2D eigenvalue weighted by Crippen LogP contribution is 2.29. The van der Waals surface area contributed by atoms with Crippen molar-refractivity contribution in [1.82, 2.24) is 14.8 Å². The molecule has 4 rings (SSSR count). The molecule has 0 radical (unpaired) electrons. The summed E-state index contributed by atoms with van der Waals surface area (Å²) in [7, 11) is 0. The van der Waals surface area contributed by atoms with Crippen LogP contribution in [0.2, 0.25) is 5.02 Å². The minimum Gasteiger partial charge on any atom is -0.474 e. The Kier molecular flexibility index (Phi) is 5.90. The van der Waals surface area contributed by atoms with E-state index in [9.17, 15) is 9.18 Å². The van der Waals surface area contributed by atoms with E-state index in [1.54, 1.807) is 48.8 Å². The molecule has 150 valence electrons. The molecule has 0 saturated heterocycles. The zero-order chi connectivity index (χ0) is 20.2. The van der Waals surface area contributed by atoms with E-state index in [1.807, 2.05) is 0 Å². The molecule has 0 unspecified atom stereocenters. The molecule has 0 aliphatic heterocycles. The molecule has 1 saturated carbocycles. The summed E-state index contributed by atoms with van der Waals surface area (Å²) in [4.78, 5) is 16.9. The van der Waals surface area contributed by atoms with Gasteiger partial charge in [-0.25, -0.2) is 14.1 Å². The zero-order valence-corrected chi connectivity index (χ0v) is 16.6. The number of Topliss-reactive ketones (excluding diaryl/α,β-unsaturated/α-hetero) is 1. The van der Waals surface area contributed by atoms with E-state index in [0.717, 1.165) is 25.7 Å². The Hall–Kier alpha value is -2.73. The second-order valence-corrected chi connectivity index (χ2v) is 7.69. The Morgan fingerprint density at radius 2 is 1.97 bits per heavy atom. The van der Waals surface area contributed by atoms with Gasteiger partial charge in [-0.1, -0.05) is 23.7 Å². The van der Waals surface area contributed by atoms with Gasteiger partial charge in [-0.2, -0.15) is 5.10 Å². The molecule has 1 aliphatic rings. The highest BCUT2D eigenvalue weighted by atomic mass is 35.5. The van der Waals surface area contributed by atoms with E-state index in [0.29, 0.717) is 22.3 Å². The Balaban J connectivity index is 1.31. The van der Waals surface area contributed by atoms with E-state index >= 15 is 0 Å². The lowest BCUT2D eigenvalue weighted by atomic mass is 9.83. The summed E-state index contributed by atoms with van der Waals surface area (Å²) in [5.74, 6) is 0.343. The van der Waals surface area contributed by atoms with Crippen LogP contribution in [0.15, 0.2) is 54.9 Å². The van der Waals surface area contributed by atoms with Crippen molar-refractivity contribution in [2.75, 3.05) is 0 Å². The van der Waals surface area contributed by atoms with Gasteiger partial charge in [0, 0.05) is 29.4 Å². The molecule has 5 nitrogen and oxygen atoms in total. The van der Waals surface area contributed by atoms with Gasteiger partial charge in [0.2, 0.25) is 5.88 Å². The quantitative estimate of drug-likeness (QED) is 0.582. The van der Waals surface area contributed by atoms with Gasteiger partial charge in [0.1, 0.15) is 23.4 Å². The molecule has 1 fully saturated rings. The van der Waals surface area contributed by atoms with Crippen LogP contribution in [0.25, 0.3) is 5.69 Å². The number of hydrogen-bond acceptors (Lipinski definition) is 4. The number of ketones is 1. The Labute approximate surface area is 173 Å². The van der Waals surface area contributed by atoms with Crippen molar-refractivity contribution >= 4 is 17.4 Å². The lowest BCUT2D eigenvalue weighted by Crippen LogP contribution is -2.29. The predicted molar refractivity (Wildman–Crippen MR) is 108 cm³/mol. The number of benzene rings is 1. The summed E-state index contributed by atoms with van der Waals surface area (Å²) in [6.45, 7) is 0. The van der Waals surface area contributed by atoms with Crippen molar-refractivity contribution in [3.8, 4) is 11.6 Å². The van der Waals surface area contributed by atoms with Gasteiger partial charge in [-0.05, 0) is 49.9 Å². The maximum atomic E-state index is 13.9. The maximum Gasteiger partial charge on any atom is 0.214 e. The molecule has 0 bridgehead atoms. The fourth-order valence-corrected chi connectivity index (χ4v) is 3.82.